The monoisotopic (exact) mass is 245 g/mol. The summed E-state index contributed by atoms with van der Waals surface area (Å²) in [5, 5.41) is 1.01. The van der Waals surface area contributed by atoms with Crippen molar-refractivity contribution in [1.29, 1.82) is 0 Å². The third-order valence-corrected chi connectivity index (χ3v) is 3.88. The van der Waals surface area contributed by atoms with E-state index in [-0.39, 0.29) is 5.78 Å². The van der Waals surface area contributed by atoms with Crippen LogP contribution in [-0.2, 0) is 6.42 Å². The SMILES string of the molecule is COc1ccc2c(c1)C(=O)Cc1sc(C)nc1-2. The Labute approximate surface area is 103 Å². The Balaban J connectivity index is 2.25. The van der Waals surface area contributed by atoms with Crippen LogP contribution in [-0.4, -0.2) is 17.9 Å². The van der Waals surface area contributed by atoms with Crippen molar-refractivity contribution in [3.05, 3.63) is 33.6 Å². The average Bonchev–Trinajstić information content (AvgIpc) is 2.69. The number of carbonyl (C=O) groups excluding carboxylic acids is 1. The highest BCUT2D eigenvalue weighted by Crippen LogP contribution is 2.37. The molecule has 3 rings (SSSR count). The first-order chi connectivity index (χ1) is 8.19. The molecule has 1 aliphatic carbocycles. The number of thiazole rings is 1. The van der Waals surface area contributed by atoms with Gasteiger partial charge in [0.15, 0.2) is 5.78 Å². The van der Waals surface area contributed by atoms with Gasteiger partial charge in [-0.25, -0.2) is 4.98 Å². The summed E-state index contributed by atoms with van der Waals surface area (Å²) >= 11 is 1.60. The van der Waals surface area contributed by atoms with Gasteiger partial charge in [-0.2, -0.15) is 0 Å². The van der Waals surface area contributed by atoms with Crippen LogP contribution in [0.5, 0.6) is 5.75 Å². The maximum absolute atomic E-state index is 12.0. The zero-order valence-electron chi connectivity index (χ0n) is 9.61. The number of aryl methyl sites for hydroxylation is 1. The molecule has 0 radical (unpaired) electrons. The van der Waals surface area contributed by atoms with Crippen LogP contribution in [0.4, 0.5) is 0 Å². The van der Waals surface area contributed by atoms with Gasteiger partial charge in [-0.1, -0.05) is 0 Å². The summed E-state index contributed by atoms with van der Waals surface area (Å²) in [5.41, 5.74) is 2.62. The van der Waals surface area contributed by atoms with Crippen LogP contribution in [0.2, 0.25) is 0 Å². The molecule has 2 aromatic rings. The van der Waals surface area contributed by atoms with Gasteiger partial charge in [0.2, 0.25) is 0 Å². The van der Waals surface area contributed by atoms with E-state index in [9.17, 15) is 4.79 Å². The Morgan fingerprint density at radius 3 is 2.94 bits per heavy atom. The van der Waals surface area contributed by atoms with Crippen molar-refractivity contribution >= 4 is 17.1 Å². The van der Waals surface area contributed by atoms with Gasteiger partial charge < -0.3 is 4.74 Å². The van der Waals surface area contributed by atoms with E-state index in [4.69, 9.17) is 4.74 Å². The molecule has 4 heteroatoms. The molecule has 0 unspecified atom stereocenters. The normalized spacial score (nSPS) is 13.2. The number of fused-ring (bicyclic) bond motifs is 3. The lowest BCUT2D eigenvalue weighted by atomic mass is 9.92. The molecular weight excluding hydrogens is 234 g/mol. The number of ether oxygens (including phenoxy) is 1. The van der Waals surface area contributed by atoms with Crippen molar-refractivity contribution in [2.75, 3.05) is 7.11 Å². The second-order valence-corrected chi connectivity index (χ2v) is 5.30. The number of hydrogen-bond donors (Lipinski definition) is 0. The zero-order valence-corrected chi connectivity index (χ0v) is 10.4. The van der Waals surface area contributed by atoms with Gasteiger partial charge in [0.25, 0.3) is 0 Å². The minimum Gasteiger partial charge on any atom is -0.497 e. The molecule has 0 bridgehead atoms. The summed E-state index contributed by atoms with van der Waals surface area (Å²) in [6.07, 6.45) is 0.459. The molecule has 0 saturated carbocycles. The van der Waals surface area contributed by atoms with Crippen molar-refractivity contribution in [3.8, 4) is 17.0 Å². The minimum atomic E-state index is 0.148. The smallest absolute Gasteiger partial charge is 0.168 e. The maximum Gasteiger partial charge on any atom is 0.168 e. The molecule has 0 fully saturated rings. The third kappa shape index (κ3) is 1.56. The fourth-order valence-corrected chi connectivity index (χ4v) is 3.08. The Kier molecular flexibility index (Phi) is 2.26. The van der Waals surface area contributed by atoms with Gasteiger partial charge in [0.1, 0.15) is 5.75 Å². The zero-order chi connectivity index (χ0) is 12.0. The lowest BCUT2D eigenvalue weighted by molar-refractivity contribution is 0.0992. The number of aromatic nitrogens is 1. The van der Waals surface area contributed by atoms with Gasteiger partial charge in [0, 0.05) is 22.4 Å². The van der Waals surface area contributed by atoms with Crippen LogP contribution >= 0.6 is 11.3 Å². The van der Waals surface area contributed by atoms with Crippen LogP contribution in [0.25, 0.3) is 11.3 Å². The molecule has 1 heterocycles. The van der Waals surface area contributed by atoms with E-state index in [0.717, 1.165) is 26.7 Å². The van der Waals surface area contributed by atoms with Crippen LogP contribution in [0, 0.1) is 6.92 Å². The van der Waals surface area contributed by atoms with Crippen molar-refractivity contribution in [1.82, 2.24) is 4.98 Å². The molecule has 1 aromatic carbocycles. The molecule has 1 aliphatic rings. The molecule has 17 heavy (non-hydrogen) atoms. The van der Waals surface area contributed by atoms with Gasteiger partial charge >= 0.3 is 0 Å². The molecule has 0 spiro atoms. The number of Topliss-reactive ketones (excluding diaryl/α,β-unsaturated/α-hetero) is 1. The fourth-order valence-electron chi connectivity index (χ4n) is 2.13. The van der Waals surface area contributed by atoms with Crippen molar-refractivity contribution in [2.45, 2.75) is 13.3 Å². The van der Waals surface area contributed by atoms with Gasteiger partial charge in [-0.05, 0) is 25.1 Å². The van der Waals surface area contributed by atoms with E-state index in [0.29, 0.717) is 12.2 Å². The molecule has 3 nitrogen and oxygen atoms in total. The van der Waals surface area contributed by atoms with E-state index in [1.54, 1.807) is 24.5 Å². The van der Waals surface area contributed by atoms with Gasteiger partial charge in [0.05, 0.1) is 17.8 Å². The Hall–Kier alpha value is -1.68. The summed E-state index contributed by atoms with van der Waals surface area (Å²) < 4.78 is 5.15. The number of carbonyl (C=O) groups is 1. The first-order valence-electron chi connectivity index (χ1n) is 5.37. The van der Waals surface area contributed by atoms with Crippen molar-refractivity contribution in [2.24, 2.45) is 0 Å². The average molecular weight is 245 g/mol. The van der Waals surface area contributed by atoms with E-state index in [2.05, 4.69) is 4.98 Å². The van der Waals surface area contributed by atoms with E-state index < -0.39 is 0 Å². The quantitative estimate of drug-likeness (QED) is 0.775. The molecule has 1 aromatic heterocycles. The second-order valence-electron chi connectivity index (χ2n) is 4.02. The molecule has 0 atom stereocenters. The summed E-state index contributed by atoms with van der Waals surface area (Å²) in [6, 6.07) is 5.59. The van der Waals surface area contributed by atoms with Crippen LogP contribution in [0.3, 0.4) is 0 Å². The molecular formula is C13H11NO2S. The van der Waals surface area contributed by atoms with Gasteiger partial charge in [-0.15, -0.1) is 11.3 Å². The molecule has 0 amide bonds. The van der Waals surface area contributed by atoms with Crippen molar-refractivity contribution < 1.29 is 9.53 Å². The topological polar surface area (TPSA) is 39.2 Å². The summed E-state index contributed by atoms with van der Waals surface area (Å²) in [4.78, 5) is 17.6. The molecule has 86 valence electrons. The number of ketones is 1. The second kappa shape index (κ2) is 3.67. The Morgan fingerprint density at radius 1 is 1.35 bits per heavy atom. The Bertz CT molecular complexity index is 616. The first kappa shape index (κ1) is 10.5. The number of benzene rings is 1. The number of methoxy groups -OCH3 is 1. The van der Waals surface area contributed by atoms with Crippen LogP contribution in [0.15, 0.2) is 18.2 Å². The Morgan fingerprint density at radius 2 is 2.18 bits per heavy atom. The summed E-state index contributed by atoms with van der Waals surface area (Å²) in [5.74, 6) is 0.863. The number of hydrogen-bond acceptors (Lipinski definition) is 4. The van der Waals surface area contributed by atoms with Crippen LogP contribution < -0.4 is 4.74 Å². The fraction of sp³-hybridized carbons (Fsp3) is 0.231. The number of rotatable bonds is 1. The predicted octanol–water partition coefficient (Wildman–Crippen LogP) is 2.87. The van der Waals surface area contributed by atoms with E-state index in [1.165, 1.54) is 0 Å². The van der Waals surface area contributed by atoms with Crippen molar-refractivity contribution in [3.63, 3.8) is 0 Å². The highest BCUT2D eigenvalue weighted by atomic mass is 32.1. The summed E-state index contributed by atoms with van der Waals surface area (Å²) in [6.45, 7) is 1.97. The lowest BCUT2D eigenvalue weighted by Crippen LogP contribution is -2.11. The first-order valence-corrected chi connectivity index (χ1v) is 6.18. The highest BCUT2D eigenvalue weighted by molar-refractivity contribution is 7.12. The lowest BCUT2D eigenvalue weighted by Gasteiger charge is -2.14. The van der Waals surface area contributed by atoms with E-state index >= 15 is 0 Å². The van der Waals surface area contributed by atoms with Gasteiger partial charge in [-0.3, -0.25) is 4.79 Å². The largest absolute Gasteiger partial charge is 0.497 e. The van der Waals surface area contributed by atoms with Crippen LogP contribution in [0.1, 0.15) is 20.2 Å². The molecule has 0 N–H and O–H groups in total. The molecule has 0 saturated heterocycles. The number of nitrogens with zero attached hydrogens (tertiary/aromatic N) is 1. The highest BCUT2D eigenvalue weighted by Gasteiger charge is 2.25. The summed E-state index contributed by atoms with van der Waals surface area (Å²) in [7, 11) is 1.60. The predicted molar refractivity (Wildman–Crippen MR) is 66.9 cm³/mol. The minimum absolute atomic E-state index is 0.148. The standard InChI is InChI=1S/C13H11NO2S/c1-7-14-13-9-4-3-8(16-2)5-10(9)11(15)6-12(13)17-7/h3-5H,6H2,1-2H3. The van der Waals surface area contributed by atoms with E-state index in [1.807, 2.05) is 19.1 Å². The maximum atomic E-state index is 12.0. The third-order valence-electron chi connectivity index (χ3n) is 2.91. The molecule has 0 aliphatic heterocycles.